The number of phenols is 1. The van der Waals surface area contributed by atoms with Crippen LogP contribution in [0.1, 0.15) is 44.3 Å². The SMILES string of the molecule is COc1ccc(F)c(-c2ccc(O)cc2C(O)C2(C)CCCC2)c1. The first-order chi connectivity index (χ1) is 11.4. The summed E-state index contributed by atoms with van der Waals surface area (Å²) in [4.78, 5) is 0. The molecule has 1 fully saturated rings. The van der Waals surface area contributed by atoms with Crippen LogP contribution in [0.2, 0.25) is 0 Å². The normalized spacial score (nSPS) is 17.7. The molecule has 1 unspecified atom stereocenters. The number of ether oxygens (including phenoxy) is 1. The summed E-state index contributed by atoms with van der Waals surface area (Å²) in [5, 5.41) is 20.9. The first-order valence-electron chi connectivity index (χ1n) is 8.29. The predicted octanol–water partition coefficient (Wildman–Crippen LogP) is 4.82. The van der Waals surface area contributed by atoms with Crippen LogP contribution in [0, 0.1) is 11.2 Å². The molecule has 128 valence electrons. The number of rotatable bonds is 4. The second kappa shape index (κ2) is 6.44. The molecule has 0 saturated heterocycles. The zero-order valence-corrected chi connectivity index (χ0v) is 14.1. The Morgan fingerprint density at radius 3 is 2.46 bits per heavy atom. The van der Waals surface area contributed by atoms with E-state index in [4.69, 9.17) is 4.74 Å². The van der Waals surface area contributed by atoms with E-state index in [9.17, 15) is 14.6 Å². The van der Waals surface area contributed by atoms with E-state index in [1.54, 1.807) is 24.3 Å². The predicted molar refractivity (Wildman–Crippen MR) is 91.6 cm³/mol. The number of aliphatic hydroxyl groups is 1. The van der Waals surface area contributed by atoms with Crippen molar-refractivity contribution in [3.05, 3.63) is 47.8 Å². The van der Waals surface area contributed by atoms with E-state index in [-0.39, 0.29) is 17.0 Å². The Balaban J connectivity index is 2.13. The fraction of sp³-hybridized carbons (Fsp3) is 0.400. The van der Waals surface area contributed by atoms with Crippen molar-refractivity contribution in [3.8, 4) is 22.6 Å². The molecule has 1 atom stereocenters. The summed E-state index contributed by atoms with van der Waals surface area (Å²) in [7, 11) is 1.53. The van der Waals surface area contributed by atoms with Crippen LogP contribution in [0.3, 0.4) is 0 Å². The molecule has 0 bridgehead atoms. The molecule has 0 aromatic heterocycles. The lowest BCUT2D eigenvalue weighted by Crippen LogP contribution is -2.22. The van der Waals surface area contributed by atoms with Crippen LogP contribution in [-0.4, -0.2) is 17.3 Å². The maximum atomic E-state index is 14.4. The van der Waals surface area contributed by atoms with Gasteiger partial charge in [0.1, 0.15) is 17.3 Å². The molecule has 2 aromatic rings. The first-order valence-corrected chi connectivity index (χ1v) is 8.29. The van der Waals surface area contributed by atoms with Crippen LogP contribution in [0.25, 0.3) is 11.1 Å². The molecule has 0 radical (unpaired) electrons. The van der Waals surface area contributed by atoms with Crippen LogP contribution in [0.4, 0.5) is 4.39 Å². The van der Waals surface area contributed by atoms with Crippen LogP contribution in [0.15, 0.2) is 36.4 Å². The number of aromatic hydroxyl groups is 1. The van der Waals surface area contributed by atoms with Crippen LogP contribution in [0.5, 0.6) is 11.5 Å². The largest absolute Gasteiger partial charge is 0.508 e. The summed E-state index contributed by atoms with van der Waals surface area (Å²) >= 11 is 0. The van der Waals surface area contributed by atoms with Crippen molar-refractivity contribution in [2.75, 3.05) is 7.11 Å². The van der Waals surface area contributed by atoms with Gasteiger partial charge in [0.15, 0.2) is 0 Å². The van der Waals surface area contributed by atoms with Crippen molar-refractivity contribution in [2.45, 2.75) is 38.7 Å². The zero-order valence-electron chi connectivity index (χ0n) is 14.1. The van der Waals surface area contributed by atoms with Crippen molar-refractivity contribution >= 4 is 0 Å². The fourth-order valence-corrected chi connectivity index (χ4v) is 3.69. The van der Waals surface area contributed by atoms with E-state index < -0.39 is 6.10 Å². The molecule has 3 nitrogen and oxygen atoms in total. The quantitative estimate of drug-likeness (QED) is 0.845. The van der Waals surface area contributed by atoms with Crippen molar-refractivity contribution in [2.24, 2.45) is 5.41 Å². The molecule has 0 amide bonds. The first kappa shape index (κ1) is 16.8. The number of phenolic OH excluding ortho intramolecular Hbond substituents is 1. The molecule has 1 saturated carbocycles. The number of hydrogen-bond acceptors (Lipinski definition) is 3. The minimum absolute atomic E-state index is 0.0673. The van der Waals surface area contributed by atoms with Crippen LogP contribution in [-0.2, 0) is 0 Å². The van der Waals surface area contributed by atoms with Gasteiger partial charge in [-0.1, -0.05) is 25.8 Å². The maximum Gasteiger partial charge on any atom is 0.131 e. The van der Waals surface area contributed by atoms with Gasteiger partial charge in [-0.25, -0.2) is 4.39 Å². The summed E-state index contributed by atoms with van der Waals surface area (Å²) in [5.41, 5.74) is 1.26. The molecule has 3 rings (SSSR count). The maximum absolute atomic E-state index is 14.4. The fourth-order valence-electron chi connectivity index (χ4n) is 3.69. The highest BCUT2D eigenvalue weighted by Gasteiger charge is 2.38. The molecule has 24 heavy (non-hydrogen) atoms. The summed E-state index contributed by atoms with van der Waals surface area (Å²) in [6, 6.07) is 9.25. The average Bonchev–Trinajstić information content (AvgIpc) is 3.03. The molecule has 2 N–H and O–H groups in total. The van der Waals surface area contributed by atoms with Crippen LogP contribution < -0.4 is 4.74 Å². The van der Waals surface area contributed by atoms with Gasteiger partial charge < -0.3 is 14.9 Å². The summed E-state index contributed by atoms with van der Waals surface area (Å²) in [6.45, 7) is 2.06. The molecular formula is C20H23FO3. The van der Waals surface area contributed by atoms with Gasteiger partial charge in [0.2, 0.25) is 0 Å². The van der Waals surface area contributed by atoms with E-state index in [1.165, 1.54) is 19.2 Å². The van der Waals surface area contributed by atoms with Gasteiger partial charge in [-0.2, -0.15) is 0 Å². The molecule has 4 heteroatoms. The number of aliphatic hydroxyl groups excluding tert-OH is 1. The minimum atomic E-state index is -0.757. The summed E-state index contributed by atoms with van der Waals surface area (Å²) in [5.74, 6) is 0.233. The summed E-state index contributed by atoms with van der Waals surface area (Å²) in [6.07, 6.45) is 3.24. The van der Waals surface area contributed by atoms with Crippen molar-refractivity contribution < 1.29 is 19.3 Å². The molecule has 2 aromatic carbocycles. The standard InChI is InChI=1S/C20H23FO3/c1-20(9-3-4-10-20)19(23)17-11-13(22)5-7-15(17)16-12-14(24-2)6-8-18(16)21/h5-8,11-12,19,22-23H,3-4,9-10H2,1-2H3. The van der Waals surface area contributed by atoms with Crippen molar-refractivity contribution in [3.63, 3.8) is 0 Å². The smallest absolute Gasteiger partial charge is 0.131 e. The monoisotopic (exact) mass is 330 g/mol. The third kappa shape index (κ3) is 2.98. The molecule has 0 heterocycles. The Morgan fingerprint density at radius 2 is 1.79 bits per heavy atom. The van der Waals surface area contributed by atoms with Crippen molar-refractivity contribution in [1.82, 2.24) is 0 Å². The van der Waals surface area contributed by atoms with Gasteiger partial charge in [-0.05, 0) is 59.7 Å². The second-order valence-electron chi connectivity index (χ2n) is 6.88. The Kier molecular flexibility index (Phi) is 4.50. The Morgan fingerprint density at radius 1 is 1.08 bits per heavy atom. The second-order valence-corrected chi connectivity index (χ2v) is 6.88. The van der Waals surface area contributed by atoms with Gasteiger partial charge in [-0.3, -0.25) is 0 Å². The number of halogens is 1. The highest BCUT2D eigenvalue weighted by molar-refractivity contribution is 5.71. The molecule has 0 aliphatic heterocycles. The van der Waals surface area contributed by atoms with E-state index in [1.807, 2.05) is 0 Å². The Labute approximate surface area is 141 Å². The Hall–Kier alpha value is -2.07. The topological polar surface area (TPSA) is 49.7 Å². The molecular weight excluding hydrogens is 307 g/mol. The van der Waals surface area contributed by atoms with E-state index in [0.29, 0.717) is 22.4 Å². The average molecular weight is 330 g/mol. The highest BCUT2D eigenvalue weighted by atomic mass is 19.1. The lowest BCUT2D eigenvalue weighted by atomic mass is 9.77. The molecule has 1 aliphatic carbocycles. The van der Waals surface area contributed by atoms with Gasteiger partial charge in [-0.15, -0.1) is 0 Å². The summed E-state index contributed by atoms with van der Waals surface area (Å²) < 4.78 is 19.6. The van der Waals surface area contributed by atoms with Crippen molar-refractivity contribution in [1.29, 1.82) is 0 Å². The number of benzene rings is 2. The Bertz CT molecular complexity index is 736. The third-order valence-corrected chi connectivity index (χ3v) is 5.20. The minimum Gasteiger partial charge on any atom is -0.508 e. The zero-order chi connectivity index (χ0) is 17.3. The molecule has 0 spiro atoms. The van der Waals surface area contributed by atoms with Gasteiger partial charge in [0, 0.05) is 5.56 Å². The van der Waals surface area contributed by atoms with Gasteiger partial charge in [0.05, 0.1) is 13.2 Å². The highest BCUT2D eigenvalue weighted by Crippen LogP contribution is 2.49. The van der Waals surface area contributed by atoms with Crippen LogP contribution >= 0.6 is 0 Å². The number of methoxy groups -OCH3 is 1. The third-order valence-electron chi connectivity index (χ3n) is 5.20. The van der Waals surface area contributed by atoms with E-state index in [2.05, 4.69) is 6.92 Å². The lowest BCUT2D eigenvalue weighted by Gasteiger charge is -2.31. The van der Waals surface area contributed by atoms with E-state index >= 15 is 0 Å². The van der Waals surface area contributed by atoms with Gasteiger partial charge >= 0.3 is 0 Å². The molecule has 1 aliphatic rings. The van der Waals surface area contributed by atoms with Gasteiger partial charge in [0.25, 0.3) is 0 Å². The van der Waals surface area contributed by atoms with E-state index in [0.717, 1.165) is 25.7 Å². The lowest BCUT2D eigenvalue weighted by molar-refractivity contribution is 0.0411. The number of hydrogen-bond donors (Lipinski definition) is 2.